The van der Waals surface area contributed by atoms with E-state index in [1.54, 1.807) is 6.92 Å². The van der Waals surface area contributed by atoms with E-state index in [4.69, 9.17) is 5.73 Å². The second-order valence-corrected chi connectivity index (χ2v) is 10.6. The first-order valence-electron chi connectivity index (χ1n) is 13.7. The van der Waals surface area contributed by atoms with Crippen molar-refractivity contribution in [1.82, 2.24) is 20.4 Å². The molecule has 1 saturated carbocycles. The van der Waals surface area contributed by atoms with Gasteiger partial charge in [-0.25, -0.2) is 0 Å². The highest BCUT2D eigenvalue weighted by atomic mass is 16.2. The maximum Gasteiger partial charge on any atom is 0.245 e. The van der Waals surface area contributed by atoms with E-state index in [2.05, 4.69) is 22.6 Å². The van der Waals surface area contributed by atoms with E-state index in [1.165, 1.54) is 12.8 Å². The lowest BCUT2D eigenvalue weighted by Gasteiger charge is -2.36. The van der Waals surface area contributed by atoms with Crippen LogP contribution in [0.25, 0.3) is 0 Å². The summed E-state index contributed by atoms with van der Waals surface area (Å²) in [5, 5.41) is 5.96. The van der Waals surface area contributed by atoms with Gasteiger partial charge in [0.1, 0.15) is 6.04 Å². The maximum absolute atomic E-state index is 13.4. The minimum atomic E-state index is -0.607. The van der Waals surface area contributed by atoms with Crippen LogP contribution >= 0.6 is 0 Å². The van der Waals surface area contributed by atoms with E-state index in [0.29, 0.717) is 26.1 Å². The van der Waals surface area contributed by atoms with Crippen molar-refractivity contribution in [2.75, 3.05) is 33.2 Å². The highest BCUT2D eigenvalue weighted by Gasteiger charge is 2.32. The molecule has 1 aliphatic heterocycles. The van der Waals surface area contributed by atoms with Gasteiger partial charge in [0.2, 0.25) is 17.7 Å². The molecule has 1 aromatic rings. The van der Waals surface area contributed by atoms with Crippen LogP contribution in [-0.2, 0) is 20.9 Å². The van der Waals surface area contributed by atoms with Gasteiger partial charge in [0.25, 0.3) is 0 Å². The molecule has 200 valence electrons. The highest BCUT2D eigenvalue weighted by Crippen LogP contribution is 2.25. The molecule has 2 fully saturated rings. The number of rotatable bonds is 9. The van der Waals surface area contributed by atoms with Crippen LogP contribution in [0, 0.1) is 5.92 Å². The summed E-state index contributed by atoms with van der Waals surface area (Å²) in [6.45, 7) is 7.20. The van der Waals surface area contributed by atoms with E-state index in [0.717, 1.165) is 49.9 Å². The summed E-state index contributed by atoms with van der Waals surface area (Å²) in [5.74, 6) is -0.150. The number of nitrogens with one attached hydrogen (secondary N) is 2. The monoisotopic (exact) mass is 499 g/mol. The zero-order valence-electron chi connectivity index (χ0n) is 22.3. The largest absolute Gasteiger partial charge is 0.351 e. The molecule has 1 aromatic carbocycles. The maximum atomic E-state index is 13.4. The molecule has 8 heteroatoms. The van der Waals surface area contributed by atoms with Crippen LogP contribution in [-0.4, -0.2) is 72.8 Å². The minimum absolute atomic E-state index is 0.0266. The first-order valence-corrected chi connectivity index (χ1v) is 13.7. The third kappa shape index (κ3) is 7.77. The van der Waals surface area contributed by atoms with Crippen LogP contribution in [0.3, 0.4) is 0 Å². The molecule has 8 nitrogen and oxygen atoms in total. The Labute approximate surface area is 216 Å². The normalized spacial score (nSPS) is 20.2. The standard InChI is InChI=1S/C28H45N5O3/c1-4-24(34)31-26(28(36)33-17-15-32(3)16-18-33)20(2)22-13-11-21(12-14-22)19-30-27(35)25(29)23-9-7-5-6-8-10-23/h11-14,20,23,25-26H,4-10,15-19,29H2,1-3H3,(H,30,35)(H,31,34)/t20?,25?,26-/m1/s1. The summed E-state index contributed by atoms with van der Waals surface area (Å²) in [6.07, 6.45) is 7.18. The number of carbonyl (C=O) groups is 3. The molecule has 0 aromatic heterocycles. The highest BCUT2D eigenvalue weighted by molar-refractivity contribution is 5.88. The van der Waals surface area contributed by atoms with Crippen molar-refractivity contribution < 1.29 is 14.4 Å². The fourth-order valence-corrected chi connectivity index (χ4v) is 5.22. The van der Waals surface area contributed by atoms with Gasteiger partial charge in [-0.3, -0.25) is 14.4 Å². The average molecular weight is 500 g/mol. The van der Waals surface area contributed by atoms with Crippen molar-refractivity contribution in [2.45, 2.75) is 83.3 Å². The number of nitrogens with two attached hydrogens (primary N) is 1. The number of likely N-dealkylation sites (N-methyl/N-ethyl adjacent to an activating group) is 1. The second-order valence-electron chi connectivity index (χ2n) is 10.6. The predicted molar refractivity (Wildman–Crippen MR) is 142 cm³/mol. The van der Waals surface area contributed by atoms with Gasteiger partial charge in [-0.2, -0.15) is 0 Å². The van der Waals surface area contributed by atoms with Crippen molar-refractivity contribution >= 4 is 17.7 Å². The Morgan fingerprint density at radius 3 is 2.19 bits per heavy atom. The molecule has 0 spiro atoms. The van der Waals surface area contributed by atoms with Crippen molar-refractivity contribution in [3.8, 4) is 0 Å². The Morgan fingerprint density at radius 1 is 1.00 bits per heavy atom. The van der Waals surface area contributed by atoms with Gasteiger partial charge in [-0.1, -0.05) is 63.8 Å². The van der Waals surface area contributed by atoms with Crippen LogP contribution in [0.5, 0.6) is 0 Å². The van der Waals surface area contributed by atoms with Gasteiger partial charge in [-0.15, -0.1) is 0 Å². The Morgan fingerprint density at radius 2 is 1.61 bits per heavy atom. The SMILES string of the molecule is CCC(=O)N[C@@H](C(=O)N1CCN(C)CC1)C(C)c1ccc(CNC(=O)C(N)C2CCCCCC2)cc1. The summed E-state index contributed by atoms with van der Waals surface area (Å²) >= 11 is 0. The third-order valence-electron chi connectivity index (χ3n) is 7.90. The van der Waals surface area contributed by atoms with Gasteiger partial charge in [-0.05, 0) is 36.9 Å². The summed E-state index contributed by atoms with van der Waals surface area (Å²) < 4.78 is 0. The molecule has 3 rings (SSSR count). The van der Waals surface area contributed by atoms with Crippen LogP contribution in [0.2, 0.25) is 0 Å². The Kier molecular flexibility index (Phi) is 10.7. The molecule has 1 aliphatic carbocycles. The lowest BCUT2D eigenvalue weighted by molar-refractivity contribution is -0.138. The number of hydrogen-bond acceptors (Lipinski definition) is 5. The van der Waals surface area contributed by atoms with Gasteiger partial charge < -0.3 is 26.2 Å². The van der Waals surface area contributed by atoms with Crippen molar-refractivity contribution in [2.24, 2.45) is 11.7 Å². The Bertz CT molecular complexity index is 858. The van der Waals surface area contributed by atoms with E-state index < -0.39 is 12.1 Å². The number of piperazine rings is 1. The lowest BCUT2D eigenvalue weighted by atomic mass is 9.91. The molecule has 3 atom stereocenters. The Balaban J connectivity index is 1.60. The third-order valence-corrected chi connectivity index (χ3v) is 7.90. The molecule has 4 N–H and O–H groups in total. The predicted octanol–water partition coefficient (Wildman–Crippen LogP) is 2.37. The summed E-state index contributed by atoms with van der Waals surface area (Å²) in [6, 6.07) is 6.86. The van der Waals surface area contributed by atoms with Gasteiger partial charge in [0.05, 0.1) is 6.04 Å². The van der Waals surface area contributed by atoms with Gasteiger partial charge >= 0.3 is 0 Å². The number of hydrogen-bond donors (Lipinski definition) is 3. The molecule has 2 aliphatic rings. The number of benzene rings is 1. The molecule has 36 heavy (non-hydrogen) atoms. The fourth-order valence-electron chi connectivity index (χ4n) is 5.22. The summed E-state index contributed by atoms with van der Waals surface area (Å²) in [7, 11) is 2.05. The molecule has 1 heterocycles. The van der Waals surface area contributed by atoms with E-state index in [1.807, 2.05) is 36.1 Å². The van der Waals surface area contributed by atoms with E-state index in [9.17, 15) is 14.4 Å². The second kappa shape index (κ2) is 13.7. The molecule has 1 saturated heterocycles. The molecule has 0 bridgehead atoms. The lowest BCUT2D eigenvalue weighted by Crippen LogP contribution is -2.55. The average Bonchev–Trinajstić information content (AvgIpc) is 3.19. The number of nitrogens with zero attached hydrogens (tertiary/aromatic N) is 2. The molecular weight excluding hydrogens is 454 g/mol. The summed E-state index contributed by atoms with van der Waals surface area (Å²) in [5.41, 5.74) is 8.24. The van der Waals surface area contributed by atoms with Crippen LogP contribution in [0.4, 0.5) is 0 Å². The minimum Gasteiger partial charge on any atom is -0.351 e. The molecule has 3 amide bonds. The zero-order chi connectivity index (χ0) is 26.1. The van der Waals surface area contributed by atoms with Crippen LogP contribution in [0.15, 0.2) is 24.3 Å². The van der Waals surface area contributed by atoms with Gasteiger partial charge in [0.15, 0.2) is 0 Å². The number of carbonyl (C=O) groups excluding carboxylic acids is 3. The van der Waals surface area contributed by atoms with Crippen LogP contribution < -0.4 is 16.4 Å². The zero-order valence-corrected chi connectivity index (χ0v) is 22.3. The quantitative estimate of drug-likeness (QED) is 0.452. The van der Waals surface area contributed by atoms with Crippen molar-refractivity contribution in [3.63, 3.8) is 0 Å². The topological polar surface area (TPSA) is 108 Å². The van der Waals surface area contributed by atoms with Crippen LogP contribution in [0.1, 0.15) is 75.8 Å². The van der Waals surface area contributed by atoms with E-state index >= 15 is 0 Å². The molecule has 2 unspecified atom stereocenters. The Hall–Kier alpha value is -2.45. The van der Waals surface area contributed by atoms with E-state index in [-0.39, 0.29) is 29.6 Å². The van der Waals surface area contributed by atoms with Gasteiger partial charge in [0, 0.05) is 45.1 Å². The van der Waals surface area contributed by atoms with Crippen molar-refractivity contribution in [1.29, 1.82) is 0 Å². The molecule has 0 radical (unpaired) electrons. The fraction of sp³-hybridized carbons (Fsp3) is 0.679. The summed E-state index contributed by atoms with van der Waals surface area (Å²) in [4.78, 5) is 42.3. The smallest absolute Gasteiger partial charge is 0.245 e. The first kappa shape index (κ1) is 28.1. The first-order chi connectivity index (χ1) is 17.3. The number of amides is 3. The molecular formula is C28H45N5O3. The van der Waals surface area contributed by atoms with Crippen molar-refractivity contribution in [3.05, 3.63) is 35.4 Å².